The first kappa shape index (κ1) is 16.3. The fraction of sp³-hybridized carbons (Fsp3) is 0.250. The van der Waals surface area contributed by atoms with Gasteiger partial charge in [-0.1, -0.05) is 23.2 Å². The number of amides is 1. The van der Waals surface area contributed by atoms with Crippen LogP contribution in [-0.4, -0.2) is 36.1 Å². The number of rotatable bonds is 5. The molecule has 0 heterocycles. The van der Waals surface area contributed by atoms with Crippen LogP contribution in [0.3, 0.4) is 0 Å². The first-order valence-corrected chi connectivity index (χ1v) is 6.16. The van der Waals surface area contributed by atoms with Crippen LogP contribution in [0.25, 0.3) is 0 Å². The first-order valence-electron chi connectivity index (χ1n) is 5.40. The summed E-state index contributed by atoms with van der Waals surface area (Å²) in [6, 6.07) is 2.81. The van der Waals surface area contributed by atoms with E-state index in [2.05, 4.69) is 10.1 Å². The van der Waals surface area contributed by atoms with Crippen molar-refractivity contribution in [3.05, 3.63) is 33.8 Å². The number of hydrogen-bond donors (Lipinski definition) is 2. The molecule has 1 amide bonds. The summed E-state index contributed by atoms with van der Waals surface area (Å²) >= 11 is 11.5. The largest absolute Gasteiger partial charge is 0.480 e. The van der Waals surface area contributed by atoms with E-state index >= 15 is 0 Å². The second kappa shape index (κ2) is 7.12. The molecule has 0 aromatic heterocycles. The Morgan fingerprint density at radius 3 is 2.45 bits per heavy atom. The molecule has 0 bridgehead atoms. The van der Waals surface area contributed by atoms with E-state index in [0.717, 1.165) is 7.11 Å². The highest BCUT2D eigenvalue weighted by molar-refractivity contribution is 6.42. The van der Waals surface area contributed by atoms with Crippen molar-refractivity contribution in [2.24, 2.45) is 0 Å². The predicted octanol–water partition coefficient (Wildman–Crippen LogP) is 2.38. The summed E-state index contributed by atoms with van der Waals surface area (Å²) in [5, 5.41) is 11.5. The van der Waals surface area contributed by atoms with Crippen LogP contribution in [0.5, 0.6) is 0 Å². The maximum Gasteiger partial charge on any atom is 0.407 e. The Bertz CT molecular complexity index is 547. The van der Waals surface area contributed by atoms with Crippen LogP contribution < -0.4 is 5.32 Å². The fourth-order valence-electron chi connectivity index (χ4n) is 1.37. The van der Waals surface area contributed by atoms with Gasteiger partial charge in [0.1, 0.15) is 6.04 Å². The molecule has 1 atom stereocenters. The molecule has 108 valence electrons. The van der Waals surface area contributed by atoms with Crippen molar-refractivity contribution in [1.82, 2.24) is 5.32 Å². The van der Waals surface area contributed by atoms with Crippen LogP contribution in [0.2, 0.25) is 10.0 Å². The second-order valence-electron chi connectivity index (χ2n) is 3.78. The lowest BCUT2D eigenvalue weighted by Crippen LogP contribution is -2.42. The molecule has 0 radical (unpaired) electrons. The number of carbonyl (C=O) groups excluding carboxylic acids is 2. The predicted molar refractivity (Wildman–Crippen MR) is 72.4 cm³/mol. The van der Waals surface area contributed by atoms with Gasteiger partial charge < -0.3 is 15.2 Å². The number of alkyl carbamates (subject to hydrolysis) is 1. The highest BCUT2D eigenvalue weighted by Gasteiger charge is 2.24. The molecule has 0 aliphatic rings. The van der Waals surface area contributed by atoms with Crippen molar-refractivity contribution in [2.45, 2.75) is 12.5 Å². The Hall–Kier alpha value is -1.79. The minimum Gasteiger partial charge on any atom is -0.480 e. The summed E-state index contributed by atoms with van der Waals surface area (Å²) in [5.41, 5.74) is 0.206. The van der Waals surface area contributed by atoms with Gasteiger partial charge in [0.15, 0.2) is 5.78 Å². The van der Waals surface area contributed by atoms with Gasteiger partial charge in [-0.15, -0.1) is 0 Å². The molecule has 0 spiro atoms. The lowest BCUT2D eigenvalue weighted by Gasteiger charge is -2.13. The van der Waals surface area contributed by atoms with E-state index in [0.29, 0.717) is 0 Å². The minimum absolute atomic E-state index is 0.185. The molecule has 8 heteroatoms. The molecule has 2 N–H and O–H groups in total. The average molecular weight is 320 g/mol. The summed E-state index contributed by atoms with van der Waals surface area (Å²) in [4.78, 5) is 33.9. The fourth-order valence-corrected chi connectivity index (χ4v) is 1.67. The van der Waals surface area contributed by atoms with E-state index in [1.807, 2.05) is 0 Å². The molecule has 0 saturated heterocycles. The molecule has 0 aliphatic carbocycles. The SMILES string of the molecule is COC(=O)NC(CC(=O)c1ccc(Cl)c(Cl)c1)C(=O)O. The number of ether oxygens (including phenoxy) is 1. The van der Waals surface area contributed by atoms with E-state index in [1.54, 1.807) is 0 Å². The first-order chi connectivity index (χ1) is 9.35. The summed E-state index contributed by atoms with van der Waals surface area (Å²) in [7, 11) is 1.09. The Morgan fingerprint density at radius 2 is 1.95 bits per heavy atom. The number of halogens is 2. The Morgan fingerprint density at radius 1 is 1.30 bits per heavy atom. The van der Waals surface area contributed by atoms with E-state index in [9.17, 15) is 14.4 Å². The van der Waals surface area contributed by atoms with Crippen molar-refractivity contribution < 1.29 is 24.2 Å². The molecule has 20 heavy (non-hydrogen) atoms. The molecule has 1 unspecified atom stereocenters. The van der Waals surface area contributed by atoms with Crippen molar-refractivity contribution in [2.75, 3.05) is 7.11 Å². The van der Waals surface area contributed by atoms with Crippen LogP contribution in [0, 0.1) is 0 Å². The van der Waals surface area contributed by atoms with E-state index in [4.69, 9.17) is 28.3 Å². The second-order valence-corrected chi connectivity index (χ2v) is 4.60. The molecule has 6 nitrogen and oxygen atoms in total. The molecular formula is C12H11Cl2NO5. The minimum atomic E-state index is -1.38. The maximum atomic E-state index is 11.9. The average Bonchev–Trinajstić information content (AvgIpc) is 2.40. The van der Waals surface area contributed by atoms with Crippen molar-refractivity contribution in [1.29, 1.82) is 0 Å². The molecule has 1 aromatic rings. The normalized spacial score (nSPS) is 11.6. The Balaban J connectivity index is 2.82. The van der Waals surface area contributed by atoms with Crippen LogP contribution >= 0.6 is 23.2 Å². The Kier molecular flexibility index (Phi) is 5.79. The highest BCUT2D eigenvalue weighted by atomic mass is 35.5. The molecule has 0 fully saturated rings. The molecular weight excluding hydrogens is 309 g/mol. The van der Waals surface area contributed by atoms with Crippen LogP contribution in [0.15, 0.2) is 18.2 Å². The van der Waals surface area contributed by atoms with Gasteiger partial charge in [0.25, 0.3) is 0 Å². The summed E-state index contributed by atoms with van der Waals surface area (Å²) < 4.78 is 4.29. The molecule has 1 rings (SSSR count). The zero-order valence-electron chi connectivity index (χ0n) is 10.4. The Labute approximate surface area is 124 Å². The van der Waals surface area contributed by atoms with Gasteiger partial charge in [0.05, 0.1) is 17.2 Å². The van der Waals surface area contributed by atoms with E-state index < -0.39 is 30.3 Å². The molecule has 0 saturated carbocycles. The third-order valence-corrected chi connectivity index (χ3v) is 3.15. The molecule has 1 aromatic carbocycles. The van der Waals surface area contributed by atoms with E-state index in [-0.39, 0.29) is 15.6 Å². The van der Waals surface area contributed by atoms with Crippen LogP contribution in [-0.2, 0) is 9.53 Å². The number of ketones is 1. The van der Waals surface area contributed by atoms with Gasteiger partial charge >= 0.3 is 12.1 Å². The lowest BCUT2D eigenvalue weighted by molar-refractivity contribution is -0.139. The van der Waals surface area contributed by atoms with E-state index in [1.165, 1.54) is 18.2 Å². The van der Waals surface area contributed by atoms with Gasteiger partial charge in [0, 0.05) is 12.0 Å². The van der Waals surface area contributed by atoms with Gasteiger partial charge in [-0.2, -0.15) is 0 Å². The smallest absolute Gasteiger partial charge is 0.407 e. The van der Waals surface area contributed by atoms with Crippen LogP contribution in [0.1, 0.15) is 16.8 Å². The summed E-state index contributed by atoms with van der Waals surface area (Å²) in [5.74, 6) is -1.84. The number of nitrogens with one attached hydrogen (secondary N) is 1. The highest BCUT2D eigenvalue weighted by Crippen LogP contribution is 2.23. The van der Waals surface area contributed by atoms with Crippen molar-refractivity contribution >= 4 is 41.0 Å². The van der Waals surface area contributed by atoms with Crippen molar-refractivity contribution in [3.63, 3.8) is 0 Å². The zero-order chi connectivity index (χ0) is 15.3. The number of benzene rings is 1. The third kappa shape index (κ3) is 4.40. The van der Waals surface area contributed by atoms with Gasteiger partial charge in [0.2, 0.25) is 0 Å². The number of hydrogen-bond acceptors (Lipinski definition) is 4. The number of Topliss-reactive ketones (excluding diaryl/α,β-unsaturated/α-hetero) is 1. The zero-order valence-corrected chi connectivity index (χ0v) is 11.9. The monoisotopic (exact) mass is 319 g/mol. The number of carboxylic acids is 1. The number of methoxy groups -OCH3 is 1. The lowest BCUT2D eigenvalue weighted by atomic mass is 10.0. The standard InChI is InChI=1S/C12H11Cl2NO5/c1-20-12(19)15-9(11(17)18)5-10(16)6-2-3-7(13)8(14)4-6/h2-4,9H,5H2,1H3,(H,15,19)(H,17,18). The number of aliphatic carboxylic acids is 1. The van der Waals surface area contributed by atoms with Crippen molar-refractivity contribution in [3.8, 4) is 0 Å². The molecule has 0 aliphatic heterocycles. The summed E-state index contributed by atoms with van der Waals surface area (Å²) in [6.45, 7) is 0. The van der Waals surface area contributed by atoms with Gasteiger partial charge in [-0.05, 0) is 18.2 Å². The number of carbonyl (C=O) groups is 3. The topological polar surface area (TPSA) is 92.7 Å². The van der Waals surface area contributed by atoms with Crippen LogP contribution in [0.4, 0.5) is 4.79 Å². The number of carboxylic acid groups (broad SMARTS) is 1. The third-order valence-electron chi connectivity index (χ3n) is 2.41. The summed E-state index contributed by atoms with van der Waals surface area (Å²) in [6.07, 6.45) is -1.36. The van der Waals surface area contributed by atoms with Gasteiger partial charge in [-0.25, -0.2) is 9.59 Å². The maximum absolute atomic E-state index is 11.9. The van der Waals surface area contributed by atoms with Gasteiger partial charge in [-0.3, -0.25) is 4.79 Å². The quantitative estimate of drug-likeness (QED) is 0.813.